The van der Waals surface area contributed by atoms with Crippen LogP contribution < -0.4 is 10.1 Å². The van der Waals surface area contributed by atoms with Gasteiger partial charge in [0, 0.05) is 13.0 Å². The van der Waals surface area contributed by atoms with E-state index >= 15 is 0 Å². The maximum atomic E-state index is 12.1. The molecule has 1 heterocycles. The largest absolute Gasteiger partial charge is 0.481 e. The molecular weight excluding hydrogens is 302 g/mol. The number of carbonyl (C=O) groups excluding carboxylic acids is 1. The Balaban J connectivity index is 1.43. The predicted octanol–water partition coefficient (Wildman–Crippen LogP) is 3.67. The van der Waals surface area contributed by atoms with Crippen molar-refractivity contribution < 1.29 is 13.9 Å². The molecule has 128 valence electrons. The zero-order valence-electron chi connectivity index (χ0n) is 14.2. The predicted molar refractivity (Wildman–Crippen MR) is 93.2 cm³/mol. The molecule has 1 aliphatic carbocycles. The van der Waals surface area contributed by atoms with Crippen LogP contribution in [0.5, 0.6) is 5.75 Å². The second-order valence-electron chi connectivity index (χ2n) is 6.37. The molecule has 0 spiro atoms. The fourth-order valence-electron chi connectivity index (χ4n) is 3.11. The van der Waals surface area contributed by atoms with Gasteiger partial charge in [-0.25, -0.2) is 0 Å². The maximum absolute atomic E-state index is 12.1. The first kappa shape index (κ1) is 16.6. The quantitative estimate of drug-likeness (QED) is 0.789. The molecule has 24 heavy (non-hydrogen) atoms. The summed E-state index contributed by atoms with van der Waals surface area (Å²) in [6.45, 7) is 2.42. The molecule has 1 N–H and O–H groups in total. The Morgan fingerprint density at radius 3 is 2.88 bits per heavy atom. The standard InChI is InChI=1S/C20H25NO3/c1-15(20(22)21-12-4-8-18-9-5-13-23-18)24-19-11-10-16-6-2-3-7-17(16)14-19/h5,9-11,13-15H,2-4,6-8,12H2,1H3,(H,21,22). The highest BCUT2D eigenvalue weighted by atomic mass is 16.5. The Kier molecular flexibility index (Phi) is 5.57. The van der Waals surface area contributed by atoms with Gasteiger partial charge in [-0.3, -0.25) is 4.79 Å². The topological polar surface area (TPSA) is 51.5 Å². The summed E-state index contributed by atoms with van der Waals surface area (Å²) < 4.78 is 11.1. The number of amides is 1. The molecule has 0 bridgehead atoms. The first-order valence-corrected chi connectivity index (χ1v) is 8.81. The van der Waals surface area contributed by atoms with Gasteiger partial charge in [-0.05, 0) is 74.4 Å². The summed E-state index contributed by atoms with van der Waals surface area (Å²) in [5.74, 6) is 1.66. The van der Waals surface area contributed by atoms with Crippen molar-refractivity contribution in [3.8, 4) is 5.75 Å². The molecule has 4 nitrogen and oxygen atoms in total. The highest BCUT2D eigenvalue weighted by Crippen LogP contribution is 2.25. The van der Waals surface area contributed by atoms with Gasteiger partial charge in [0.1, 0.15) is 11.5 Å². The third kappa shape index (κ3) is 4.40. The lowest BCUT2D eigenvalue weighted by atomic mass is 9.92. The molecule has 1 unspecified atom stereocenters. The third-order valence-corrected chi connectivity index (χ3v) is 4.48. The molecule has 0 saturated heterocycles. The smallest absolute Gasteiger partial charge is 0.260 e. The van der Waals surface area contributed by atoms with E-state index in [1.165, 1.54) is 24.0 Å². The van der Waals surface area contributed by atoms with Gasteiger partial charge in [0.05, 0.1) is 6.26 Å². The van der Waals surface area contributed by atoms with Gasteiger partial charge < -0.3 is 14.5 Å². The minimum absolute atomic E-state index is 0.0767. The number of fused-ring (bicyclic) bond motifs is 1. The van der Waals surface area contributed by atoms with E-state index in [2.05, 4.69) is 17.4 Å². The lowest BCUT2D eigenvalue weighted by molar-refractivity contribution is -0.127. The van der Waals surface area contributed by atoms with Crippen LogP contribution in [-0.2, 0) is 24.1 Å². The van der Waals surface area contributed by atoms with Crippen molar-refractivity contribution in [3.05, 3.63) is 53.5 Å². The van der Waals surface area contributed by atoms with E-state index in [1.807, 2.05) is 18.2 Å². The van der Waals surface area contributed by atoms with Crippen molar-refractivity contribution >= 4 is 5.91 Å². The van der Waals surface area contributed by atoms with Gasteiger partial charge in [0.25, 0.3) is 5.91 Å². The number of hydrogen-bond acceptors (Lipinski definition) is 3. The monoisotopic (exact) mass is 327 g/mol. The Bertz CT molecular complexity index is 664. The number of carbonyl (C=O) groups is 1. The molecule has 1 aromatic carbocycles. The van der Waals surface area contributed by atoms with Gasteiger partial charge in [0.15, 0.2) is 6.10 Å². The molecule has 1 aromatic heterocycles. The number of nitrogens with one attached hydrogen (secondary N) is 1. The number of benzene rings is 1. The summed E-state index contributed by atoms with van der Waals surface area (Å²) >= 11 is 0. The van der Waals surface area contributed by atoms with E-state index in [4.69, 9.17) is 9.15 Å². The Hall–Kier alpha value is -2.23. The summed E-state index contributed by atoms with van der Waals surface area (Å²) in [4.78, 5) is 12.1. The van der Waals surface area contributed by atoms with Crippen LogP contribution in [0.1, 0.15) is 43.1 Å². The van der Waals surface area contributed by atoms with Crippen LogP contribution in [0.25, 0.3) is 0 Å². The molecule has 0 saturated carbocycles. The van der Waals surface area contributed by atoms with Gasteiger partial charge in [0.2, 0.25) is 0 Å². The van der Waals surface area contributed by atoms with Crippen molar-refractivity contribution in [2.45, 2.75) is 51.6 Å². The van der Waals surface area contributed by atoms with Gasteiger partial charge in [-0.15, -0.1) is 0 Å². The number of ether oxygens (including phenoxy) is 1. The Morgan fingerprint density at radius 2 is 2.08 bits per heavy atom. The van der Waals surface area contributed by atoms with Crippen LogP contribution in [0.15, 0.2) is 41.0 Å². The summed E-state index contributed by atoms with van der Waals surface area (Å²) in [7, 11) is 0. The van der Waals surface area contributed by atoms with Crippen LogP contribution in [0.2, 0.25) is 0 Å². The van der Waals surface area contributed by atoms with Crippen molar-refractivity contribution in [3.63, 3.8) is 0 Å². The van der Waals surface area contributed by atoms with E-state index in [9.17, 15) is 4.79 Å². The maximum Gasteiger partial charge on any atom is 0.260 e. The molecular formula is C20H25NO3. The van der Waals surface area contributed by atoms with Gasteiger partial charge in [-0.2, -0.15) is 0 Å². The zero-order chi connectivity index (χ0) is 16.8. The van der Waals surface area contributed by atoms with Gasteiger partial charge in [-0.1, -0.05) is 6.07 Å². The molecule has 1 atom stereocenters. The average Bonchev–Trinajstić information content (AvgIpc) is 3.12. The van der Waals surface area contributed by atoms with Crippen LogP contribution >= 0.6 is 0 Å². The van der Waals surface area contributed by atoms with E-state index < -0.39 is 6.10 Å². The van der Waals surface area contributed by atoms with Crippen LogP contribution in [-0.4, -0.2) is 18.6 Å². The average molecular weight is 327 g/mol. The molecule has 3 rings (SSSR count). The normalized spacial score (nSPS) is 14.7. The molecule has 0 aliphatic heterocycles. The summed E-state index contributed by atoms with van der Waals surface area (Å²) in [6, 6.07) is 10.0. The molecule has 0 fully saturated rings. The molecule has 1 aliphatic rings. The number of furan rings is 1. The molecule has 4 heteroatoms. The third-order valence-electron chi connectivity index (χ3n) is 4.48. The molecule has 1 amide bonds. The Morgan fingerprint density at radius 1 is 1.25 bits per heavy atom. The minimum atomic E-state index is -0.491. The fourth-order valence-corrected chi connectivity index (χ4v) is 3.11. The van der Waals surface area contributed by atoms with Crippen molar-refractivity contribution in [2.75, 3.05) is 6.54 Å². The number of aryl methyl sites for hydroxylation is 3. The van der Waals surface area contributed by atoms with Crippen molar-refractivity contribution in [1.29, 1.82) is 0 Å². The SMILES string of the molecule is CC(Oc1ccc2c(c1)CCCC2)C(=O)NCCCc1ccco1. The lowest BCUT2D eigenvalue weighted by Gasteiger charge is -2.19. The summed E-state index contributed by atoms with van der Waals surface area (Å²) in [6.07, 6.45) is 7.63. The van der Waals surface area contributed by atoms with Crippen LogP contribution in [0, 0.1) is 0 Å². The summed E-state index contributed by atoms with van der Waals surface area (Å²) in [5, 5.41) is 2.92. The van der Waals surface area contributed by atoms with Crippen LogP contribution in [0.3, 0.4) is 0 Å². The first-order valence-electron chi connectivity index (χ1n) is 8.81. The van der Waals surface area contributed by atoms with E-state index in [1.54, 1.807) is 13.2 Å². The second kappa shape index (κ2) is 8.04. The first-order chi connectivity index (χ1) is 11.7. The van der Waals surface area contributed by atoms with E-state index in [0.29, 0.717) is 6.54 Å². The van der Waals surface area contributed by atoms with Crippen molar-refractivity contribution in [2.24, 2.45) is 0 Å². The summed E-state index contributed by atoms with van der Waals surface area (Å²) in [5.41, 5.74) is 2.79. The second-order valence-corrected chi connectivity index (χ2v) is 6.37. The number of hydrogen-bond donors (Lipinski definition) is 1. The van der Waals surface area contributed by atoms with E-state index in [-0.39, 0.29) is 5.91 Å². The van der Waals surface area contributed by atoms with Crippen LogP contribution in [0.4, 0.5) is 0 Å². The minimum Gasteiger partial charge on any atom is -0.481 e. The van der Waals surface area contributed by atoms with Crippen molar-refractivity contribution in [1.82, 2.24) is 5.32 Å². The molecule has 2 aromatic rings. The van der Waals surface area contributed by atoms with Gasteiger partial charge >= 0.3 is 0 Å². The lowest BCUT2D eigenvalue weighted by Crippen LogP contribution is -2.37. The number of rotatable bonds is 7. The highest BCUT2D eigenvalue weighted by Gasteiger charge is 2.16. The Labute approximate surface area is 143 Å². The van der Waals surface area contributed by atoms with E-state index in [0.717, 1.165) is 37.2 Å². The zero-order valence-corrected chi connectivity index (χ0v) is 14.2. The fraction of sp³-hybridized carbons (Fsp3) is 0.450. The molecule has 0 radical (unpaired) electrons. The highest BCUT2D eigenvalue weighted by molar-refractivity contribution is 5.80.